The van der Waals surface area contributed by atoms with E-state index >= 15 is 0 Å². The highest BCUT2D eigenvalue weighted by Gasteiger charge is 2.19. The Morgan fingerprint density at radius 1 is 1.03 bits per heavy atom. The number of hydrogen-bond acceptors (Lipinski definition) is 4. The molecule has 0 heterocycles. The topological polar surface area (TPSA) is 87.7 Å². The third-order valence-corrected chi connectivity index (χ3v) is 5.35. The number of amides is 1. The standard InChI is InChI=1S/C20H14Br2N2O4S/c1-28-16-7-11-5-3-2-4-10(11)6-13(16)18(25)24-20(29)23-17-14(19(26)27)8-12(21)9-15(17)22/h2-9H,1H3,(H,26,27)(H2,23,24,25,29). The third kappa shape index (κ3) is 4.75. The number of carbonyl (C=O) groups is 2. The number of fused-ring (bicyclic) bond motifs is 1. The molecule has 0 bridgehead atoms. The predicted molar refractivity (Wildman–Crippen MR) is 123 cm³/mol. The minimum atomic E-state index is -1.14. The van der Waals surface area contributed by atoms with Crippen LogP contribution in [0.4, 0.5) is 5.69 Å². The minimum absolute atomic E-state index is 0.00821. The van der Waals surface area contributed by atoms with E-state index in [0.29, 0.717) is 20.3 Å². The molecule has 148 valence electrons. The molecule has 3 rings (SSSR count). The summed E-state index contributed by atoms with van der Waals surface area (Å²) in [6.07, 6.45) is 0. The van der Waals surface area contributed by atoms with E-state index in [4.69, 9.17) is 17.0 Å². The fourth-order valence-corrected chi connectivity index (χ4v) is 4.27. The maximum atomic E-state index is 12.8. The second kappa shape index (κ2) is 8.89. The van der Waals surface area contributed by atoms with Crippen LogP contribution in [0.5, 0.6) is 5.75 Å². The molecule has 3 aromatic rings. The van der Waals surface area contributed by atoms with E-state index in [2.05, 4.69) is 42.5 Å². The SMILES string of the molecule is COc1cc2ccccc2cc1C(=O)NC(=S)Nc1c(Br)cc(Br)cc1C(=O)O. The predicted octanol–water partition coefficient (Wildman–Crippen LogP) is 5.20. The van der Waals surface area contributed by atoms with Gasteiger partial charge >= 0.3 is 5.97 Å². The average molecular weight is 538 g/mol. The highest BCUT2D eigenvalue weighted by Crippen LogP contribution is 2.31. The quantitative estimate of drug-likeness (QED) is 0.396. The number of ether oxygens (including phenoxy) is 1. The number of carboxylic acids is 1. The second-order valence-corrected chi connectivity index (χ2v) is 8.10. The lowest BCUT2D eigenvalue weighted by Gasteiger charge is -2.15. The van der Waals surface area contributed by atoms with Gasteiger partial charge in [0, 0.05) is 8.95 Å². The van der Waals surface area contributed by atoms with Crippen LogP contribution in [-0.4, -0.2) is 29.2 Å². The highest BCUT2D eigenvalue weighted by atomic mass is 79.9. The van der Waals surface area contributed by atoms with Crippen molar-refractivity contribution in [1.29, 1.82) is 0 Å². The van der Waals surface area contributed by atoms with Crippen LogP contribution in [0, 0.1) is 0 Å². The van der Waals surface area contributed by atoms with E-state index in [9.17, 15) is 14.7 Å². The zero-order valence-corrected chi connectivity index (χ0v) is 18.9. The lowest BCUT2D eigenvalue weighted by atomic mass is 10.1. The monoisotopic (exact) mass is 536 g/mol. The summed E-state index contributed by atoms with van der Waals surface area (Å²) in [6, 6.07) is 14.2. The Labute approximate surface area is 188 Å². The first-order valence-corrected chi connectivity index (χ1v) is 10.2. The molecule has 0 spiro atoms. The molecular weight excluding hydrogens is 524 g/mol. The lowest BCUT2D eigenvalue weighted by molar-refractivity contribution is 0.0697. The molecule has 0 unspecified atom stereocenters. The molecule has 0 aliphatic rings. The number of benzene rings is 3. The zero-order chi connectivity index (χ0) is 21.1. The number of carbonyl (C=O) groups excluding carboxylic acids is 1. The van der Waals surface area contributed by atoms with Gasteiger partial charge in [-0.05, 0) is 63.2 Å². The van der Waals surface area contributed by atoms with Crippen LogP contribution in [0.1, 0.15) is 20.7 Å². The van der Waals surface area contributed by atoms with Crippen molar-refractivity contribution in [3.63, 3.8) is 0 Å². The molecule has 0 atom stereocenters. The van der Waals surface area contributed by atoms with Gasteiger partial charge in [0.15, 0.2) is 5.11 Å². The van der Waals surface area contributed by atoms with Gasteiger partial charge in [0.25, 0.3) is 5.91 Å². The van der Waals surface area contributed by atoms with Crippen molar-refractivity contribution >= 4 is 77.5 Å². The van der Waals surface area contributed by atoms with E-state index in [1.54, 1.807) is 18.2 Å². The summed E-state index contributed by atoms with van der Waals surface area (Å²) in [4.78, 5) is 24.3. The normalized spacial score (nSPS) is 10.4. The molecule has 0 fully saturated rings. The van der Waals surface area contributed by atoms with Crippen LogP contribution in [-0.2, 0) is 0 Å². The Morgan fingerprint density at radius 2 is 1.69 bits per heavy atom. The van der Waals surface area contributed by atoms with Gasteiger partial charge in [-0.1, -0.05) is 40.2 Å². The van der Waals surface area contributed by atoms with Gasteiger partial charge in [0.05, 0.1) is 23.9 Å². The van der Waals surface area contributed by atoms with E-state index in [0.717, 1.165) is 10.8 Å². The number of carboxylic acid groups (broad SMARTS) is 1. The van der Waals surface area contributed by atoms with Crippen LogP contribution in [0.25, 0.3) is 10.8 Å². The van der Waals surface area contributed by atoms with Crippen molar-refractivity contribution in [3.8, 4) is 5.75 Å². The lowest BCUT2D eigenvalue weighted by Crippen LogP contribution is -2.34. The first-order valence-electron chi connectivity index (χ1n) is 8.21. The molecule has 3 N–H and O–H groups in total. The number of rotatable bonds is 4. The van der Waals surface area contributed by atoms with E-state index in [1.165, 1.54) is 13.2 Å². The summed E-state index contributed by atoms with van der Waals surface area (Å²) in [5.74, 6) is -1.21. The summed E-state index contributed by atoms with van der Waals surface area (Å²) in [5, 5.41) is 16.5. The van der Waals surface area contributed by atoms with Gasteiger partial charge < -0.3 is 15.2 Å². The molecule has 9 heteroatoms. The maximum absolute atomic E-state index is 12.8. The summed E-state index contributed by atoms with van der Waals surface area (Å²) >= 11 is 11.8. The van der Waals surface area contributed by atoms with Crippen molar-refractivity contribution < 1.29 is 19.4 Å². The number of methoxy groups -OCH3 is 1. The Kier molecular flexibility index (Phi) is 6.51. The number of anilines is 1. The van der Waals surface area contributed by atoms with Crippen molar-refractivity contribution in [2.24, 2.45) is 0 Å². The van der Waals surface area contributed by atoms with Crippen molar-refractivity contribution in [2.75, 3.05) is 12.4 Å². The van der Waals surface area contributed by atoms with Crippen molar-refractivity contribution in [1.82, 2.24) is 5.32 Å². The van der Waals surface area contributed by atoms with Crippen molar-refractivity contribution in [2.45, 2.75) is 0 Å². The molecule has 0 radical (unpaired) electrons. The molecule has 0 aliphatic carbocycles. The van der Waals surface area contributed by atoms with Crippen LogP contribution in [0.15, 0.2) is 57.5 Å². The molecule has 3 aromatic carbocycles. The van der Waals surface area contributed by atoms with Gasteiger partial charge in [0.1, 0.15) is 5.75 Å². The molecule has 6 nitrogen and oxygen atoms in total. The highest BCUT2D eigenvalue weighted by molar-refractivity contribution is 9.11. The molecule has 1 amide bonds. The van der Waals surface area contributed by atoms with Crippen LogP contribution in [0.2, 0.25) is 0 Å². The summed E-state index contributed by atoms with van der Waals surface area (Å²) in [5.41, 5.74) is 0.534. The molecular formula is C20H14Br2N2O4S. The third-order valence-electron chi connectivity index (χ3n) is 4.06. The smallest absolute Gasteiger partial charge is 0.337 e. The Morgan fingerprint density at radius 3 is 2.31 bits per heavy atom. The first-order chi connectivity index (χ1) is 13.8. The Balaban J connectivity index is 1.86. The molecule has 0 aromatic heterocycles. The van der Waals surface area contributed by atoms with Crippen LogP contribution in [0.3, 0.4) is 0 Å². The zero-order valence-electron chi connectivity index (χ0n) is 15.0. The molecule has 0 aliphatic heterocycles. The first kappa shape index (κ1) is 21.2. The van der Waals surface area contributed by atoms with Crippen LogP contribution < -0.4 is 15.4 Å². The number of halogens is 2. The van der Waals surface area contributed by atoms with E-state index in [1.807, 2.05) is 24.3 Å². The minimum Gasteiger partial charge on any atom is -0.496 e. The van der Waals surface area contributed by atoms with Gasteiger partial charge in [-0.3, -0.25) is 10.1 Å². The van der Waals surface area contributed by atoms with E-state index < -0.39 is 11.9 Å². The van der Waals surface area contributed by atoms with Crippen molar-refractivity contribution in [3.05, 3.63) is 68.6 Å². The largest absolute Gasteiger partial charge is 0.496 e. The molecule has 29 heavy (non-hydrogen) atoms. The maximum Gasteiger partial charge on any atom is 0.337 e. The fourth-order valence-electron chi connectivity index (χ4n) is 2.75. The van der Waals surface area contributed by atoms with Gasteiger partial charge in [-0.2, -0.15) is 0 Å². The second-order valence-electron chi connectivity index (χ2n) is 5.92. The molecule has 0 saturated carbocycles. The summed E-state index contributed by atoms with van der Waals surface area (Å²) < 4.78 is 6.40. The van der Waals surface area contributed by atoms with Gasteiger partial charge in [0.2, 0.25) is 0 Å². The number of thiocarbonyl (C=S) groups is 1. The van der Waals surface area contributed by atoms with Gasteiger partial charge in [-0.25, -0.2) is 4.79 Å². The molecule has 0 saturated heterocycles. The summed E-state index contributed by atoms with van der Waals surface area (Å²) in [7, 11) is 1.48. The van der Waals surface area contributed by atoms with E-state index in [-0.39, 0.29) is 16.4 Å². The fraction of sp³-hybridized carbons (Fsp3) is 0.0500. The summed E-state index contributed by atoms with van der Waals surface area (Å²) in [6.45, 7) is 0. The number of nitrogens with one attached hydrogen (secondary N) is 2. The Hall–Kier alpha value is -2.49. The van der Waals surface area contributed by atoms with Gasteiger partial charge in [-0.15, -0.1) is 0 Å². The average Bonchev–Trinajstić information content (AvgIpc) is 2.68. The number of aromatic carboxylic acids is 1. The number of hydrogen-bond donors (Lipinski definition) is 3. The van der Waals surface area contributed by atoms with Crippen LogP contribution >= 0.6 is 44.1 Å². The Bertz CT molecular complexity index is 1150.